The van der Waals surface area contributed by atoms with Gasteiger partial charge in [0, 0.05) is 36.1 Å². The van der Waals surface area contributed by atoms with E-state index in [9.17, 15) is 14.4 Å². The van der Waals surface area contributed by atoms with Crippen molar-refractivity contribution in [2.75, 3.05) is 16.8 Å². The Bertz CT molecular complexity index is 1140. The van der Waals surface area contributed by atoms with Crippen LogP contribution in [-0.2, 0) is 4.79 Å². The predicted octanol–water partition coefficient (Wildman–Crippen LogP) is 2.92. The van der Waals surface area contributed by atoms with Gasteiger partial charge in [0.15, 0.2) is 5.69 Å². The highest BCUT2D eigenvalue weighted by molar-refractivity contribution is 6.03. The van der Waals surface area contributed by atoms with Crippen LogP contribution in [0.15, 0.2) is 65.5 Å². The Hall–Kier alpha value is -3.74. The summed E-state index contributed by atoms with van der Waals surface area (Å²) in [7, 11) is 0. The average Bonchev–Trinajstić information content (AvgIpc) is 3.15. The third-order valence-electron chi connectivity index (χ3n) is 4.81. The highest BCUT2D eigenvalue weighted by atomic mass is 16.2. The molecule has 0 aliphatic carbocycles. The molecule has 1 saturated heterocycles. The van der Waals surface area contributed by atoms with Crippen molar-refractivity contribution in [3.63, 3.8) is 0 Å². The zero-order valence-electron chi connectivity index (χ0n) is 16.0. The summed E-state index contributed by atoms with van der Waals surface area (Å²) >= 11 is 0. The van der Waals surface area contributed by atoms with E-state index in [0.717, 1.165) is 17.8 Å². The van der Waals surface area contributed by atoms with Crippen LogP contribution in [-0.4, -0.2) is 28.1 Å². The molecule has 0 bridgehead atoms. The minimum Gasteiger partial charge on any atom is -0.320 e. The third-order valence-corrected chi connectivity index (χ3v) is 4.81. The number of nitrogens with zero attached hydrogens (tertiary/aromatic N) is 3. The molecule has 146 valence electrons. The second-order valence-electron chi connectivity index (χ2n) is 6.90. The fourth-order valence-electron chi connectivity index (χ4n) is 3.40. The molecule has 3 aromatic rings. The molecule has 1 aromatic heterocycles. The normalized spacial score (nSPS) is 13.6. The Labute approximate surface area is 167 Å². The standard InChI is InChI=1S/C22H20N4O3/c1-15-13-19(27)21(24-26(15)17-8-3-2-4-9-17)22(29)23-16-7-5-10-18(14-16)25-12-6-11-20(25)28/h2-5,7-10,13-14H,6,11-12H2,1H3,(H,23,29). The summed E-state index contributed by atoms with van der Waals surface area (Å²) in [5, 5.41) is 7.00. The quantitative estimate of drug-likeness (QED) is 0.745. The van der Waals surface area contributed by atoms with Crippen LogP contribution in [0.25, 0.3) is 5.69 Å². The van der Waals surface area contributed by atoms with E-state index < -0.39 is 11.3 Å². The van der Waals surface area contributed by atoms with E-state index >= 15 is 0 Å². The highest BCUT2D eigenvalue weighted by Gasteiger charge is 2.22. The molecule has 4 rings (SSSR count). The zero-order valence-corrected chi connectivity index (χ0v) is 16.0. The number of hydrogen-bond acceptors (Lipinski definition) is 4. The van der Waals surface area contributed by atoms with Gasteiger partial charge in [0.25, 0.3) is 5.91 Å². The maximum Gasteiger partial charge on any atom is 0.280 e. The Morgan fingerprint density at radius 2 is 1.76 bits per heavy atom. The van der Waals surface area contributed by atoms with Gasteiger partial charge >= 0.3 is 0 Å². The van der Waals surface area contributed by atoms with Crippen molar-refractivity contribution in [2.24, 2.45) is 0 Å². The number of aromatic nitrogens is 2. The van der Waals surface area contributed by atoms with Crippen LogP contribution in [0.2, 0.25) is 0 Å². The van der Waals surface area contributed by atoms with E-state index in [1.54, 1.807) is 34.7 Å². The van der Waals surface area contributed by atoms with E-state index in [0.29, 0.717) is 24.3 Å². The van der Waals surface area contributed by atoms with Gasteiger partial charge in [0.2, 0.25) is 11.3 Å². The summed E-state index contributed by atoms with van der Waals surface area (Å²) in [5.41, 5.74) is 1.98. The van der Waals surface area contributed by atoms with Gasteiger partial charge in [0.05, 0.1) is 5.69 Å². The SMILES string of the molecule is Cc1cc(=O)c(C(=O)Nc2cccc(N3CCCC3=O)c2)nn1-c1ccccc1. The van der Waals surface area contributed by atoms with Crippen molar-refractivity contribution in [3.05, 3.63) is 82.3 Å². The van der Waals surface area contributed by atoms with Crippen molar-refractivity contribution in [2.45, 2.75) is 19.8 Å². The van der Waals surface area contributed by atoms with Crippen molar-refractivity contribution >= 4 is 23.2 Å². The van der Waals surface area contributed by atoms with E-state index in [4.69, 9.17) is 0 Å². The summed E-state index contributed by atoms with van der Waals surface area (Å²) < 4.78 is 1.57. The van der Waals surface area contributed by atoms with Crippen LogP contribution in [0.4, 0.5) is 11.4 Å². The molecular formula is C22H20N4O3. The first-order chi connectivity index (χ1) is 14.0. The second-order valence-corrected chi connectivity index (χ2v) is 6.90. The molecule has 0 saturated carbocycles. The first-order valence-electron chi connectivity index (χ1n) is 9.41. The lowest BCUT2D eigenvalue weighted by molar-refractivity contribution is -0.117. The van der Waals surface area contributed by atoms with Gasteiger partial charge in [-0.15, -0.1) is 0 Å². The Balaban J connectivity index is 1.62. The number of anilines is 2. The number of benzene rings is 2. The Kier molecular flexibility index (Phi) is 4.95. The molecular weight excluding hydrogens is 368 g/mol. The maximum absolute atomic E-state index is 12.8. The lowest BCUT2D eigenvalue weighted by Gasteiger charge is -2.17. The molecule has 7 heteroatoms. The number of para-hydroxylation sites is 1. The number of rotatable bonds is 4. The number of nitrogens with one attached hydrogen (secondary N) is 1. The summed E-state index contributed by atoms with van der Waals surface area (Å²) in [5.74, 6) is -0.524. The maximum atomic E-state index is 12.8. The minimum absolute atomic E-state index is 0.0689. The highest BCUT2D eigenvalue weighted by Crippen LogP contribution is 2.24. The summed E-state index contributed by atoms with van der Waals surface area (Å²) in [6.45, 7) is 2.43. The molecule has 1 fully saturated rings. The lowest BCUT2D eigenvalue weighted by Crippen LogP contribution is -2.27. The van der Waals surface area contributed by atoms with Gasteiger partial charge < -0.3 is 10.2 Å². The van der Waals surface area contributed by atoms with Crippen molar-refractivity contribution < 1.29 is 9.59 Å². The topological polar surface area (TPSA) is 84.3 Å². The first-order valence-corrected chi connectivity index (χ1v) is 9.41. The summed E-state index contributed by atoms with van der Waals surface area (Å²) in [6.07, 6.45) is 1.35. The van der Waals surface area contributed by atoms with Crippen molar-refractivity contribution in [3.8, 4) is 5.69 Å². The number of carbonyl (C=O) groups excluding carboxylic acids is 2. The molecule has 7 nitrogen and oxygen atoms in total. The second kappa shape index (κ2) is 7.71. The molecule has 2 amide bonds. The van der Waals surface area contributed by atoms with E-state index in [2.05, 4.69) is 10.4 Å². The van der Waals surface area contributed by atoms with Crippen LogP contribution >= 0.6 is 0 Å². The van der Waals surface area contributed by atoms with Crippen LogP contribution in [0, 0.1) is 6.92 Å². The van der Waals surface area contributed by atoms with Crippen LogP contribution in [0.1, 0.15) is 29.0 Å². The minimum atomic E-state index is -0.593. The fraction of sp³-hybridized carbons (Fsp3) is 0.182. The molecule has 2 heterocycles. The molecule has 29 heavy (non-hydrogen) atoms. The van der Waals surface area contributed by atoms with Crippen LogP contribution in [0.3, 0.4) is 0 Å². The zero-order chi connectivity index (χ0) is 20.4. The monoisotopic (exact) mass is 388 g/mol. The summed E-state index contributed by atoms with van der Waals surface area (Å²) in [4.78, 5) is 38.8. The first kappa shape index (κ1) is 18.6. The smallest absolute Gasteiger partial charge is 0.280 e. The van der Waals surface area contributed by atoms with Crippen molar-refractivity contribution in [1.82, 2.24) is 9.78 Å². The number of carbonyl (C=O) groups is 2. The van der Waals surface area contributed by atoms with Gasteiger partial charge in [-0.05, 0) is 43.7 Å². The number of amides is 2. The molecule has 1 N–H and O–H groups in total. The van der Waals surface area contributed by atoms with Gasteiger partial charge in [-0.2, -0.15) is 5.10 Å². The molecule has 0 spiro atoms. The fourth-order valence-corrected chi connectivity index (χ4v) is 3.40. The van der Waals surface area contributed by atoms with Gasteiger partial charge in [0.1, 0.15) is 0 Å². The Morgan fingerprint density at radius 1 is 1.00 bits per heavy atom. The van der Waals surface area contributed by atoms with Gasteiger partial charge in [-0.1, -0.05) is 24.3 Å². The molecule has 1 aliphatic rings. The average molecular weight is 388 g/mol. The van der Waals surface area contributed by atoms with E-state index in [1.807, 2.05) is 36.4 Å². The number of hydrogen-bond donors (Lipinski definition) is 1. The van der Waals surface area contributed by atoms with Crippen LogP contribution in [0.5, 0.6) is 0 Å². The lowest BCUT2D eigenvalue weighted by atomic mass is 10.2. The predicted molar refractivity (Wildman–Crippen MR) is 111 cm³/mol. The molecule has 2 aromatic carbocycles. The molecule has 0 atom stereocenters. The number of aryl methyl sites for hydroxylation is 1. The molecule has 1 aliphatic heterocycles. The Morgan fingerprint density at radius 3 is 2.48 bits per heavy atom. The third kappa shape index (κ3) is 3.80. The molecule has 0 unspecified atom stereocenters. The van der Waals surface area contributed by atoms with Crippen LogP contribution < -0.4 is 15.6 Å². The van der Waals surface area contributed by atoms with E-state index in [-0.39, 0.29) is 11.6 Å². The summed E-state index contributed by atoms with van der Waals surface area (Å²) in [6, 6.07) is 17.7. The van der Waals surface area contributed by atoms with E-state index in [1.165, 1.54) is 6.07 Å². The van der Waals surface area contributed by atoms with Gasteiger partial charge in [-0.25, -0.2) is 4.68 Å². The molecule has 0 radical (unpaired) electrons. The largest absolute Gasteiger partial charge is 0.320 e. The van der Waals surface area contributed by atoms with Crippen molar-refractivity contribution in [1.29, 1.82) is 0 Å². The van der Waals surface area contributed by atoms with Gasteiger partial charge in [-0.3, -0.25) is 14.4 Å².